The maximum Gasteiger partial charge on any atom is 0.271 e. The number of aromatic amines is 1. The van der Waals surface area contributed by atoms with Gasteiger partial charge in [-0.15, -0.1) is 0 Å². The number of rotatable bonds is 4. The van der Waals surface area contributed by atoms with Crippen LogP contribution in [0.3, 0.4) is 0 Å². The number of hydrogen-bond acceptors (Lipinski definition) is 4. The number of aromatic nitrogens is 1. The van der Waals surface area contributed by atoms with Gasteiger partial charge < -0.3 is 9.88 Å². The van der Waals surface area contributed by atoms with E-state index in [0.717, 1.165) is 29.3 Å². The molecule has 0 atom stereocenters. The molecule has 7 heteroatoms. The van der Waals surface area contributed by atoms with E-state index in [1.165, 1.54) is 12.1 Å². The van der Waals surface area contributed by atoms with Gasteiger partial charge >= 0.3 is 0 Å². The minimum atomic E-state index is -0.452. The highest BCUT2D eigenvalue weighted by atomic mass is 16.6. The van der Waals surface area contributed by atoms with Crippen molar-refractivity contribution in [2.45, 2.75) is 25.7 Å². The second kappa shape index (κ2) is 7.26. The summed E-state index contributed by atoms with van der Waals surface area (Å²) >= 11 is 0. The molecule has 142 valence electrons. The van der Waals surface area contributed by atoms with Crippen LogP contribution in [0.4, 0.5) is 11.4 Å². The van der Waals surface area contributed by atoms with Crippen LogP contribution in [0.1, 0.15) is 24.0 Å². The van der Waals surface area contributed by atoms with Crippen LogP contribution in [0.15, 0.2) is 53.3 Å². The molecule has 1 amide bonds. The first-order valence-electron chi connectivity index (χ1n) is 9.21. The normalized spacial score (nSPS) is 13.4. The Morgan fingerprint density at radius 2 is 2.00 bits per heavy atom. The summed E-state index contributed by atoms with van der Waals surface area (Å²) in [6.07, 6.45) is 2.10. The molecule has 1 aliphatic rings. The molecule has 2 aromatic carbocycles. The van der Waals surface area contributed by atoms with Gasteiger partial charge in [0.2, 0.25) is 5.91 Å². The lowest BCUT2D eigenvalue weighted by Crippen LogP contribution is -2.35. The molecule has 1 N–H and O–H groups in total. The van der Waals surface area contributed by atoms with E-state index in [9.17, 15) is 19.7 Å². The molecule has 0 saturated carbocycles. The highest BCUT2D eigenvalue weighted by Gasteiger charge is 2.24. The van der Waals surface area contributed by atoms with Crippen molar-refractivity contribution in [3.05, 3.63) is 80.1 Å². The number of non-ortho nitro benzene ring substituents is 1. The number of carbonyl (C=O) groups excluding carboxylic acids is 1. The Balaban J connectivity index is 1.55. The molecule has 0 bridgehead atoms. The smallest absolute Gasteiger partial charge is 0.271 e. The van der Waals surface area contributed by atoms with Gasteiger partial charge in [0.05, 0.1) is 10.6 Å². The van der Waals surface area contributed by atoms with E-state index in [2.05, 4.69) is 4.98 Å². The predicted octanol–water partition coefficient (Wildman–Crippen LogP) is 3.35. The number of nitrogens with one attached hydrogen (secondary N) is 1. The molecule has 0 fully saturated rings. The first-order valence-corrected chi connectivity index (χ1v) is 9.21. The number of para-hydroxylation sites is 1. The molecule has 28 heavy (non-hydrogen) atoms. The van der Waals surface area contributed by atoms with Crippen LogP contribution >= 0.6 is 0 Å². The average molecular weight is 377 g/mol. The van der Waals surface area contributed by atoms with Gasteiger partial charge in [-0.25, -0.2) is 0 Å². The zero-order valence-corrected chi connectivity index (χ0v) is 15.2. The second-order valence-electron chi connectivity index (χ2n) is 6.93. The summed E-state index contributed by atoms with van der Waals surface area (Å²) < 4.78 is 0. The summed E-state index contributed by atoms with van der Waals surface area (Å²) in [5.74, 6) is -0.131. The second-order valence-corrected chi connectivity index (χ2v) is 6.93. The highest BCUT2D eigenvalue weighted by molar-refractivity contribution is 5.95. The van der Waals surface area contributed by atoms with E-state index in [-0.39, 0.29) is 23.6 Å². The van der Waals surface area contributed by atoms with Crippen molar-refractivity contribution in [3.63, 3.8) is 0 Å². The van der Waals surface area contributed by atoms with Crippen molar-refractivity contribution < 1.29 is 9.72 Å². The maximum atomic E-state index is 12.8. The van der Waals surface area contributed by atoms with E-state index in [4.69, 9.17) is 0 Å². The van der Waals surface area contributed by atoms with Gasteiger partial charge in [-0.2, -0.15) is 0 Å². The van der Waals surface area contributed by atoms with Crippen LogP contribution in [0.5, 0.6) is 0 Å². The Morgan fingerprint density at radius 3 is 2.82 bits per heavy atom. The standard InChI is InChI=1S/C21H19N3O4/c25-20(10-8-16-12-15-4-1-2-6-18(15)22-21(16)26)23-11-3-5-14-7-9-17(24(27)28)13-19(14)23/h1-2,4,6-7,9,12-13H,3,5,8,10-11H2,(H,22,26). The van der Waals surface area contributed by atoms with Gasteiger partial charge in [-0.1, -0.05) is 24.3 Å². The van der Waals surface area contributed by atoms with Crippen molar-refractivity contribution in [2.75, 3.05) is 11.4 Å². The molecule has 1 aromatic heterocycles. The summed E-state index contributed by atoms with van der Waals surface area (Å²) in [5, 5.41) is 12.0. The number of aryl methyl sites for hydroxylation is 2. The van der Waals surface area contributed by atoms with Crippen molar-refractivity contribution in [1.82, 2.24) is 4.98 Å². The molecule has 0 aliphatic carbocycles. The molecule has 3 aromatic rings. The quantitative estimate of drug-likeness (QED) is 0.557. The number of nitro benzene ring substituents is 1. The van der Waals surface area contributed by atoms with Gasteiger partial charge in [-0.3, -0.25) is 19.7 Å². The fourth-order valence-corrected chi connectivity index (χ4v) is 3.69. The number of fused-ring (bicyclic) bond motifs is 2. The largest absolute Gasteiger partial charge is 0.322 e. The monoisotopic (exact) mass is 377 g/mol. The Labute approximate surface area is 160 Å². The van der Waals surface area contributed by atoms with E-state index >= 15 is 0 Å². The first-order chi connectivity index (χ1) is 13.5. The third kappa shape index (κ3) is 3.38. The van der Waals surface area contributed by atoms with Gasteiger partial charge in [0, 0.05) is 36.2 Å². The van der Waals surface area contributed by atoms with Crippen LogP contribution in [-0.4, -0.2) is 22.4 Å². The molecular formula is C21H19N3O4. The summed E-state index contributed by atoms with van der Waals surface area (Å²) in [6.45, 7) is 0.529. The maximum absolute atomic E-state index is 12.8. The molecule has 7 nitrogen and oxygen atoms in total. The Bertz CT molecular complexity index is 1140. The van der Waals surface area contributed by atoms with E-state index < -0.39 is 4.92 Å². The van der Waals surface area contributed by atoms with Gasteiger partial charge in [-0.05, 0) is 42.3 Å². The Hall–Kier alpha value is -3.48. The lowest BCUT2D eigenvalue weighted by atomic mass is 10.00. The summed E-state index contributed by atoms with van der Waals surface area (Å²) in [4.78, 5) is 40.2. The molecule has 0 radical (unpaired) electrons. The van der Waals surface area contributed by atoms with Crippen molar-refractivity contribution in [3.8, 4) is 0 Å². The summed E-state index contributed by atoms with van der Waals surface area (Å²) in [5.41, 5.74) is 2.65. The SMILES string of the molecule is O=C(CCc1cc2ccccc2[nH]c1=O)N1CCCc2ccc([N+](=O)[O-])cc21. The molecule has 0 spiro atoms. The lowest BCUT2D eigenvalue weighted by Gasteiger charge is -2.29. The van der Waals surface area contributed by atoms with Crippen LogP contribution in [-0.2, 0) is 17.6 Å². The summed E-state index contributed by atoms with van der Waals surface area (Å²) in [6, 6.07) is 14.0. The Morgan fingerprint density at radius 1 is 1.18 bits per heavy atom. The van der Waals surface area contributed by atoms with Crippen molar-refractivity contribution in [2.24, 2.45) is 0 Å². The fourth-order valence-electron chi connectivity index (χ4n) is 3.69. The number of carbonyl (C=O) groups is 1. The lowest BCUT2D eigenvalue weighted by molar-refractivity contribution is -0.384. The molecule has 2 heterocycles. The molecule has 4 rings (SSSR count). The summed E-state index contributed by atoms with van der Waals surface area (Å²) in [7, 11) is 0. The highest BCUT2D eigenvalue weighted by Crippen LogP contribution is 2.31. The molecule has 0 unspecified atom stereocenters. The minimum absolute atomic E-state index is 0.0237. The number of hydrogen-bond donors (Lipinski definition) is 1. The molecule has 0 saturated heterocycles. The number of nitrogens with zero attached hydrogens (tertiary/aromatic N) is 2. The van der Waals surface area contributed by atoms with Crippen LogP contribution < -0.4 is 10.5 Å². The van der Waals surface area contributed by atoms with E-state index in [1.807, 2.05) is 30.3 Å². The molecule has 1 aliphatic heterocycles. The first kappa shape index (κ1) is 17.9. The third-order valence-electron chi connectivity index (χ3n) is 5.14. The van der Waals surface area contributed by atoms with Crippen molar-refractivity contribution >= 4 is 28.2 Å². The number of pyridine rings is 1. The van der Waals surface area contributed by atoms with Crippen LogP contribution in [0.25, 0.3) is 10.9 Å². The number of H-pyrrole nitrogens is 1. The average Bonchev–Trinajstić information content (AvgIpc) is 2.71. The fraction of sp³-hybridized carbons (Fsp3) is 0.238. The third-order valence-corrected chi connectivity index (χ3v) is 5.14. The topological polar surface area (TPSA) is 96.3 Å². The number of anilines is 1. The number of amides is 1. The van der Waals surface area contributed by atoms with Gasteiger partial charge in [0.25, 0.3) is 11.2 Å². The zero-order valence-electron chi connectivity index (χ0n) is 15.2. The van der Waals surface area contributed by atoms with Crippen molar-refractivity contribution in [1.29, 1.82) is 0 Å². The Kier molecular flexibility index (Phi) is 4.65. The predicted molar refractivity (Wildman–Crippen MR) is 107 cm³/mol. The number of nitro groups is 1. The van der Waals surface area contributed by atoms with Crippen LogP contribution in [0.2, 0.25) is 0 Å². The van der Waals surface area contributed by atoms with Gasteiger partial charge in [0.1, 0.15) is 0 Å². The van der Waals surface area contributed by atoms with E-state index in [1.54, 1.807) is 11.0 Å². The zero-order chi connectivity index (χ0) is 19.7. The van der Waals surface area contributed by atoms with Gasteiger partial charge in [0.15, 0.2) is 0 Å². The number of benzene rings is 2. The van der Waals surface area contributed by atoms with Crippen LogP contribution in [0, 0.1) is 10.1 Å². The van der Waals surface area contributed by atoms with E-state index in [0.29, 0.717) is 24.2 Å². The molecular weight excluding hydrogens is 358 g/mol. The minimum Gasteiger partial charge on any atom is -0.322 e.